The minimum Gasteiger partial charge on any atom is -0.455 e. The molecule has 0 atom stereocenters. The maximum atomic E-state index is 12.8. The number of hydrogen-bond donors (Lipinski definition) is 2. The van der Waals surface area contributed by atoms with Gasteiger partial charge in [-0.1, -0.05) is 0 Å². The predicted molar refractivity (Wildman–Crippen MR) is 111 cm³/mol. The summed E-state index contributed by atoms with van der Waals surface area (Å²) in [5.41, 5.74) is 8.30. The number of amides is 2. The molecule has 1 aliphatic heterocycles. The summed E-state index contributed by atoms with van der Waals surface area (Å²) in [6.45, 7) is 5.22. The molecule has 2 aromatic heterocycles. The minimum atomic E-state index is -0.322. The van der Waals surface area contributed by atoms with Crippen LogP contribution in [0.15, 0.2) is 34.0 Å². The molecule has 1 aliphatic carbocycles. The molecule has 2 N–H and O–H groups in total. The second-order valence-corrected chi connectivity index (χ2v) is 7.68. The van der Waals surface area contributed by atoms with Gasteiger partial charge in [0.05, 0.1) is 11.3 Å². The van der Waals surface area contributed by atoms with Crippen LogP contribution in [0.5, 0.6) is 0 Å². The standard InChI is InChI=1S/C21H26N6O3/c1-14-18-16(23-24-20(28)15-5-4-8-22-13-15)6-3-7-17(18)30-19(14)21(29)25-27-11-9-26(2)10-12-27/h4-5,8,13H,3,6-7,9-12H2,1-2H3,(H,24,28)(H,25,29)/b23-16+. The van der Waals surface area contributed by atoms with Gasteiger partial charge in [0, 0.05) is 56.1 Å². The van der Waals surface area contributed by atoms with Crippen molar-refractivity contribution in [2.24, 2.45) is 5.10 Å². The molecule has 0 saturated carbocycles. The first-order valence-electron chi connectivity index (χ1n) is 10.2. The van der Waals surface area contributed by atoms with Crippen molar-refractivity contribution in [3.05, 3.63) is 52.7 Å². The number of nitrogens with one attached hydrogen (secondary N) is 2. The van der Waals surface area contributed by atoms with E-state index in [1.54, 1.807) is 18.3 Å². The number of hydrogen-bond acceptors (Lipinski definition) is 7. The van der Waals surface area contributed by atoms with Crippen LogP contribution in [0.25, 0.3) is 0 Å². The van der Waals surface area contributed by atoms with Gasteiger partial charge in [-0.25, -0.2) is 10.4 Å². The Bertz CT molecular complexity index is 961. The molecular formula is C21H26N6O3. The van der Waals surface area contributed by atoms with Gasteiger partial charge in [-0.3, -0.25) is 20.0 Å². The molecular weight excluding hydrogens is 384 g/mol. The van der Waals surface area contributed by atoms with Gasteiger partial charge in [-0.15, -0.1) is 0 Å². The zero-order chi connectivity index (χ0) is 21.1. The van der Waals surface area contributed by atoms with Crippen LogP contribution >= 0.6 is 0 Å². The van der Waals surface area contributed by atoms with Gasteiger partial charge >= 0.3 is 5.91 Å². The number of pyridine rings is 1. The van der Waals surface area contributed by atoms with Crippen molar-refractivity contribution in [3.8, 4) is 0 Å². The highest BCUT2D eigenvalue weighted by atomic mass is 16.4. The zero-order valence-corrected chi connectivity index (χ0v) is 17.3. The van der Waals surface area contributed by atoms with Crippen LogP contribution in [0.1, 0.15) is 50.6 Å². The normalized spacial score (nSPS) is 18.8. The Morgan fingerprint density at radius 2 is 1.97 bits per heavy atom. The van der Waals surface area contributed by atoms with E-state index in [4.69, 9.17) is 4.42 Å². The SMILES string of the molecule is Cc1c(C(=O)NN2CCN(C)CC2)oc2c1/C(=N/NC(=O)c1cccnc1)CCC2. The second-order valence-electron chi connectivity index (χ2n) is 7.68. The van der Waals surface area contributed by atoms with Crippen LogP contribution in [0.4, 0.5) is 0 Å². The molecule has 0 radical (unpaired) electrons. The van der Waals surface area contributed by atoms with Crippen molar-refractivity contribution in [3.63, 3.8) is 0 Å². The van der Waals surface area contributed by atoms with Crippen LogP contribution < -0.4 is 10.9 Å². The van der Waals surface area contributed by atoms with Crippen LogP contribution in [0.2, 0.25) is 0 Å². The summed E-state index contributed by atoms with van der Waals surface area (Å²) >= 11 is 0. The Morgan fingerprint density at radius 3 is 2.70 bits per heavy atom. The summed E-state index contributed by atoms with van der Waals surface area (Å²) in [5, 5.41) is 6.26. The first-order valence-corrected chi connectivity index (χ1v) is 10.2. The van der Waals surface area contributed by atoms with Crippen LogP contribution in [-0.2, 0) is 6.42 Å². The van der Waals surface area contributed by atoms with E-state index in [0.717, 1.165) is 61.6 Å². The summed E-state index contributed by atoms with van der Waals surface area (Å²) < 4.78 is 5.93. The van der Waals surface area contributed by atoms with Crippen molar-refractivity contribution < 1.29 is 14.0 Å². The Balaban J connectivity index is 1.50. The van der Waals surface area contributed by atoms with Gasteiger partial charge < -0.3 is 9.32 Å². The van der Waals surface area contributed by atoms with Gasteiger partial charge in [0.25, 0.3) is 5.91 Å². The lowest BCUT2D eigenvalue weighted by atomic mass is 9.93. The lowest BCUT2D eigenvalue weighted by molar-refractivity contribution is 0.0634. The fourth-order valence-corrected chi connectivity index (χ4v) is 3.79. The number of likely N-dealkylation sites (N-methyl/N-ethyl adjacent to an activating group) is 1. The van der Waals surface area contributed by atoms with E-state index < -0.39 is 0 Å². The van der Waals surface area contributed by atoms with Gasteiger partial charge in [0.15, 0.2) is 5.76 Å². The number of carbonyl (C=O) groups excluding carboxylic acids is 2. The van der Waals surface area contributed by atoms with E-state index in [0.29, 0.717) is 17.7 Å². The molecule has 158 valence electrons. The highest BCUT2D eigenvalue weighted by Gasteiger charge is 2.29. The summed E-state index contributed by atoms with van der Waals surface area (Å²) in [5.74, 6) is 0.492. The number of aryl methyl sites for hydroxylation is 1. The summed E-state index contributed by atoms with van der Waals surface area (Å²) in [6, 6.07) is 3.38. The molecule has 1 saturated heterocycles. The molecule has 9 heteroatoms. The quantitative estimate of drug-likeness (QED) is 0.738. The zero-order valence-electron chi connectivity index (χ0n) is 17.3. The third-order valence-electron chi connectivity index (χ3n) is 5.51. The lowest BCUT2D eigenvalue weighted by Gasteiger charge is -2.32. The maximum absolute atomic E-state index is 12.8. The maximum Gasteiger partial charge on any atom is 0.301 e. The number of furan rings is 1. The van der Waals surface area contributed by atoms with Gasteiger partial charge in [-0.2, -0.15) is 5.10 Å². The summed E-state index contributed by atoms with van der Waals surface area (Å²) in [7, 11) is 2.07. The molecule has 2 amide bonds. The minimum absolute atomic E-state index is 0.245. The summed E-state index contributed by atoms with van der Waals surface area (Å²) in [4.78, 5) is 31.3. The molecule has 1 fully saturated rings. The Labute approximate surface area is 175 Å². The number of aromatic nitrogens is 1. The van der Waals surface area contributed by atoms with Crippen molar-refractivity contribution in [1.82, 2.24) is 25.7 Å². The molecule has 30 heavy (non-hydrogen) atoms. The first kappa shape index (κ1) is 20.2. The Hall–Kier alpha value is -3.04. The number of carbonyl (C=O) groups is 2. The molecule has 0 bridgehead atoms. The molecule has 3 heterocycles. The topological polar surface area (TPSA) is 103 Å². The molecule has 9 nitrogen and oxygen atoms in total. The highest BCUT2D eigenvalue weighted by molar-refractivity contribution is 6.07. The third kappa shape index (κ3) is 4.27. The molecule has 2 aliphatic rings. The third-order valence-corrected chi connectivity index (χ3v) is 5.51. The van der Waals surface area contributed by atoms with Gasteiger partial charge in [0.1, 0.15) is 5.76 Å². The van der Waals surface area contributed by atoms with E-state index in [-0.39, 0.29) is 11.8 Å². The molecule has 4 rings (SSSR count). The van der Waals surface area contributed by atoms with Crippen molar-refractivity contribution in [2.75, 3.05) is 33.2 Å². The number of nitrogens with zero attached hydrogens (tertiary/aromatic N) is 4. The van der Waals surface area contributed by atoms with E-state index >= 15 is 0 Å². The molecule has 0 spiro atoms. The number of rotatable bonds is 4. The van der Waals surface area contributed by atoms with Gasteiger partial charge in [0.2, 0.25) is 0 Å². The highest BCUT2D eigenvalue weighted by Crippen LogP contribution is 2.30. The smallest absolute Gasteiger partial charge is 0.301 e. The van der Waals surface area contributed by atoms with Crippen LogP contribution in [-0.4, -0.2) is 65.6 Å². The van der Waals surface area contributed by atoms with Gasteiger partial charge in [-0.05, 0) is 38.9 Å². The number of hydrazine groups is 1. The van der Waals surface area contributed by atoms with E-state index in [9.17, 15) is 9.59 Å². The molecule has 0 aromatic carbocycles. The van der Waals surface area contributed by atoms with Crippen molar-refractivity contribution >= 4 is 17.5 Å². The monoisotopic (exact) mass is 410 g/mol. The van der Waals surface area contributed by atoms with Crippen molar-refractivity contribution in [1.29, 1.82) is 0 Å². The Kier molecular flexibility index (Phi) is 5.91. The molecule has 2 aromatic rings. The number of hydrazone groups is 1. The fourth-order valence-electron chi connectivity index (χ4n) is 3.79. The largest absolute Gasteiger partial charge is 0.455 e. The van der Waals surface area contributed by atoms with E-state index in [1.165, 1.54) is 6.20 Å². The lowest BCUT2D eigenvalue weighted by Crippen LogP contribution is -2.52. The fraction of sp³-hybridized carbons (Fsp3) is 0.429. The summed E-state index contributed by atoms with van der Waals surface area (Å²) in [6.07, 6.45) is 5.40. The van der Waals surface area contributed by atoms with Crippen LogP contribution in [0, 0.1) is 6.92 Å². The van der Waals surface area contributed by atoms with E-state index in [2.05, 4.69) is 32.9 Å². The van der Waals surface area contributed by atoms with E-state index in [1.807, 2.05) is 11.9 Å². The average molecular weight is 410 g/mol. The van der Waals surface area contributed by atoms with Crippen LogP contribution in [0.3, 0.4) is 0 Å². The molecule has 0 unspecified atom stereocenters. The predicted octanol–water partition coefficient (Wildman–Crippen LogP) is 1.35. The number of fused-ring (bicyclic) bond motifs is 1. The van der Waals surface area contributed by atoms with Crippen molar-refractivity contribution in [2.45, 2.75) is 26.2 Å². The Morgan fingerprint density at radius 1 is 1.17 bits per heavy atom. The first-order chi connectivity index (χ1) is 14.5. The second kappa shape index (κ2) is 8.76. The number of piperazine rings is 1. The average Bonchev–Trinajstić information content (AvgIpc) is 3.11.